The lowest BCUT2D eigenvalue weighted by Gasteiger charge is -2.17. The Kier molecular flexibility index (Phi) is 5.51. The number of carboxylic acids is 1. The minimum Gasteiger partial charge on any atom is -0.478 e. The topological polar surface area (TPSA) is 37.3 Å². The van der Waals surface area contributed by atoms with E-state index in [4.69, 9.17) is 5.11 Å². The largest absolute Gasteiger partial charge is 0.478 e. The van der Waals surface area contributed by atoms with Gasteiger partial charge in [-0.25, -0.2) is 4.79 Å². The summed E-state index contributed by atoms with van der Waals surface area (Å²) in [5.74, 6) is -0.860. The van der Waals surface area contributed by atoms with Crippen LogP contribution in [0.1, 0.15) is 52.9 Å². The second-order valence-corrected chi connectivity index (χ2v) is 5.03. The highest BCUT2D eigenvalue weighted by molar-refractivity contribution is 5.85. The number of hydrogen-bond acceptors (Lipinski definition) is 1. The maximum Gasteiger partial charge on any atom is 0.330 e. The van der Waals surface area contributed by atoms with Gasteiger partial charge in [-0.2, -0.15) is 0 Å². The first kappa shape index (κ1) is 13.2. The lowest BCUT2D eigenvalue weighted by atomic mass is 9.89. The van der Waals surface area contributed by atoms with Gasteiger partial charge >= 0.3 is 5.97 Å². The van der Waals surface area contributed by atoms with Gasteiger partial charge < -0.3 is 5.11 Å². The van der Waals surface area contributed by atoms with Gasteiger partial charge in [0.1, 0.15) is 0 Å². The van der Waals surface area contributed by atoms with Gasteiger partial charge in [0.25, 0.3) is 0 Å². The second-order valence-electron chi connectivity index (χ2n) is 5.03. The number of rotatable bonds is 6. The molecule has 2 nitrogen and oxygen atoms in total. The number of carboxylic acid groups (broad SMARTS) is 1. The lowest BCUT2D eigenvalue weighted by Crippen LogP contribution is -2.04. The van der Waals surface area contributed by atoms with Gasteiger partial charge in [-0.1, -0.05) is 40.2 Å². The molecule has 0 aromatic carbocycles. The standard InChI is InChI=1S/C12H22O2/c1-10(11(13)14)8-6-5-7-9-12(2,3)4/h1,5-9H2,2-4H3,(H,13,14). The lowest BCUT2D eigenvalue weighted by molar-refractivity contribution is -0.132. The van der Waals surface area contributed by atoms with E-state index in [1.54, 1.807) is 0 Å². The Labute approximate surface area is 87.0 Å². The summed E-state index contributed by atoms with van der Waals surface area (Å²) in [6.07, 6.45) is 5.05. The molecule has 82 valence electrons. The second kappa shape index (κ2) is 5.84. The third kappa shape index (κ3) is 7.84. The summed E-state index contributed by atoms with van der Waals surface area (Å²) in [7, 11) is 0. The first-order valence-corrected chi connectivity index (χ1v) is 5.24. The van der Waals surface area contributed by atoms with Crippen LogP contribution in [0.15, 0.2) is 12.2 Å². The molecule has 14 heavy (non-hydrogen) atoms. The van der Waals surface area contributed by atoms with Crippen LogP contribution in [0, 0.1) is 5.41 Å². The van der Waals surface area contributed by atoms with Gasteiger partial charge in [-0.15, -0.1) is 0 Å². The van der Waals surface area contributed by atoms with Crippen LogP contribution in [0.5, 0.6) is 0 Å². The zero-order chi connectivity index (χ0) is 11.2. The van der Waals surface area contributed by atoms with Crippen molar-refractivity contribution in [1.29, 1.82) is 0 Å². The molecule has 0 amide bonds. The maximum absolute atomic E-state index is 10.4. The van der Waals surface area contributed by atoms with Crippen molar-refractivity contribution in [3.05, 3.63) is 12.2 Å². The van der Waals surface area contributed by atoms with Crippen molar-refractivity contribution in [2.75, 3.05) is 0 Å². The van der Waals surface area contributed by atoms with Crippen molar-refractivity contribution in [2.45, 2.75) is 52.9 Å². The third-order valence-corrected chi connectivity index (χ3v) is 2.21. The Hall–Kier alpha value is -0.790. The third-order valence-electron chi connectivity index (χ3n) is 2.21. The van der Waals surface area contributed by atoms with Crippen LogP contribution in [0.25, 0.3) is 0 Å². The molecule has 2 heteroatoms. The molecule has 0 atom stereocenters. The van der Waals surface area contributed by atoms with Crippen molar-refractivity contribution in [2.24, 2.45) is 5.41 Å². The molecule has 0 aliphatic carbocycles. The fraction of sp³-hybridized carbons (Fsp3) is 0.750. The highest BCUT2D eigenvalue weighted by atomic mass is 16.4. The quantitative estimate of drug-likeness (QED) is 0.522. The summed E-state index contributed by atoms with van der Waals surface area (Å²) in [4.78, 5) is 10.4. The predicted octanol–water partition coefficient (Wildman–Crippen LogP) is 3.62. The molecule has 0 aliphatic heterocycles. The first-order valence-electron chi connectivity index (χ1n) is 5.24. The Balaban J connectivity index is 3.39. The van der Waals surface area contributed by atoms with Crippen LogP contribution in [0.4, 0.5) is 0 Å². The van der Waals surface area contributed by atoms with Crippen molar-refractivity contribution in [3.8, 4) is 0 Å². The van der Waals surface area contributed by atoms with Crippen LogP contribution in [0.3, 0.4) is 0 Å². The van der Waals surface area contributed by atoms with E-state index < -0.39 is 5.97 Å². The van der Waals surface area contributed by atoms with Gasteiger partial charge in [0, 0.05) is 5.57 Å². The minimum atomic E-state index is -0.860. The van der Waals surface area contributed by atoms with Gasteiger partial charge in [0.05, 0.1) is 0 Å². The maximum atomic E-state index is 10.4. The van der Waals surface area contributed by atoms with E-state index in [9.17, 15) is 4.79 Å². The highest BCUT2D eigenvalue weighted by Gasteiger charge is 2.09. The van der Waals surface area contributed by atoms with Crippen molar-refractivity contribution in [1.82, 2.24) is 0 Å². The average Bonchev–Trinajstić information content (AvgIpc) is 2.01. The summed E-state index contributed by atoms with van der Waals surface area (Å²) in [6, 6.07) is 0. The van der Waals surface area contributed by atoms with Crippen molar-refractivity contribution < 1.29 is 9.90 Å². The molecule has 0 bridgehead atoms. The average molecular weight is 198 g/mol. The molecular formula is C12H22O2. The smallest absolute Gasteiger partial charge is 0.330 e. The van der Waals surface area contributed by atoms with Gasteiger partial charge in [0.15, 0.2) is 0 Å². The molecule has 1 N–H and O–H groups in total. The molecule has 0 heterocycles. The van der Waals surface area contributed by atoms with Gasteiger partial charge in [-0.05, 0) is 24.7 Å². The SMILES string of the molecule is C=C(CCCCCC(C)(C)C)C(=O)O. The van der Waals surface area contributed by atoms with E-state index in [1.165, 1.54) is 12.8 Å². The highest BCUT2D eigenvalue weighted by Crippen LogP contribution is 2.22. The molecule has 0 rings (SSSR count). The van der Waals surface area contributed by atoms with Crippen LogP contribution in [-0.4, -0.2) is 11.1 Å². The Morgan fingerprint density at radius 2 is 1.79 bits per heavy atom. The van der Waals surface area contributed by atoms with Crippen LogP contribution >= 0.6 is 0 Å². The van der Waals surface area contributed by atoms with E-state index in [-0.39, 0.29) is 0 Å². The first-order chi connectivity index (χ1) is 6.33. The van der Waals surface area contributed by atoms with Gasteiger partial charge in [0.2, 0.25) is 0 Å². The number of carbonyl (C=O) groups is 1. The Bertz CT molecular complexity index is 199. The van der Waals surface area contributed by atoms with Crippen LogP contribution < -0.4 is 0 Å². The molecule has 0 saturated heterocycles. The number of aliphatic carboxylic acids is 1. The predicted molar refractivity (Wildman–Crippen MR) is 59.3 cm³/mol. The van der Waals surface area contributed by atoms with E-state index in [1.807, 2.05) is 0 Å². The molecule has 0 aromatic rings. The summed E-state index contributed by atoms with van der Waals surface area (Å²) in [5.41, 5.74) is 0.727. The van der Waals surface area contributed by atoms with E-state index in [0.29, 0.717) is 17.4 Å². The summed E-state index contributed by atoms with van der Waals surface area (Å²) < 4.78 is 0. The normalized spacial score (nSPS) is 11.4. The molecule has 0 radical (unpaired) electrons. The van der Waals surface area contributed by atoms with Crippen LogP contribution in [0.2, 0.25) is 0 Å². The molecular weight excluding hydrogens is 176 g/mol. The van der Waals surface area contributed by atoms with Crippen molar-refractivity contribution in [3.63, 3.8) is 0 Å². The zero-order valence-corrected chi connectivity index (χ0v) is 9.60. The van der Waals surface area contributed by atoms with Crippen LogP contribution in [-0.2, 0) is 4.79 Å². The Morgan fingerprint density at radius 3 is 2.21 bits per heavy atom. The summed E-state index contributed by atoms with van der Waals surface area (Å²) >= 11 is 0. The van der Waals surface area contributed by atoms with Crippen molar-refractivity contribution >= 4 is 5.97 Å². The van der Waals surface area contributed by atoms with E-state index in [0.717, 1.165) is 12.8 Å². The summed E-state index contributed by atoms with van der Waals surface area (Å²) in [6.45, 7) is 10.2. The summed E-state index contributed by atoms with van der Waals surface area (Å²) in [5, 5.41) is 8.57. The number of unbranched alkanes of at least 4 members (excludes halogenated alkanes) is 2. The molecule has 0 fully saturated rings. The monoisotopic (exact) mass is 198 g/mol. The van der Waals surface area contributed by atoms with E-state index in [2.05, 4.69) is 27.4 Å². The number of hydrogen-bond donors (Lipinski definition) is 1. The Morgan fingerprint density at radius 1 is 1.21 bits per heavy atom. The fourth-order valence-corrected chi connectivity index (χ4v) is 1.28. The molecule has 0 unspecified atom stereocenters. The molecule has 0 saturated carbocycles. The fourth-order valence-electron chi connectivity index (χ4n) is 1.28. The molecule has 0 aromatic heterocycles. The minimum absolute atomic E-state index is 0.334. The van der Waals surface area contributed by atoms with Gasteiger partial charge in [-0.3, -0.25) is 0 Å². The molecule has 0 spiro atoms. The van der Waals surface area contributed by atoms with E-state index >= 15 is 0 Å². The molecule has 0 aliphatic rings. The zero-order valence-electron chi connectivity index (χ0n) is 9.60.